The number of ether oxygens (including phenoxy) is 1. The second-order valence-corrected chi connectivity index (χ2v) is 6.18. The Balaban J connectivity index is 1.92. The number of rotatable bonds is 4. The van der Waals surface area contributed by atoms with E-state index in [0.29, 0.717) is 6.54 Å². The van der Waals surface area contributed by atoms with Crippen molar-refractivity contribution in [2.24, 2.45) is 5.73 Å². The molecule has 2 atom stereocenters. The van der Waals surface area contributed by atoms with E-state index in [4.69, 9.17) is 10.5 Å². The summed E-state index contributed by atoms with van der Waals surface area (Å²) < 4.78 is 5.12. The molecule has 0 spiro atoms. The molecule has 4 nitrogen and oxygen atoms in total. The van der Waals surface area contributed by atoms with Crippen molar-refractivity contribution >= 4 is 17.7 Å². The smallest absolute Gasteiger partial charge is 0.235 e. The second kappa shape index (κ2) is 6.30. The number of likely N-dealkylation sites (tertiary alicyclic amines) is 1. The van der Waals surface area contributed by atoms with Gasteiger partial charge in [-0.15, -0.1) is 11.8 Å². The van der Waals surface area contributed by atoms with Crippen LogP contribution >= 0.6 is 11.8 Å². The summed E-state index contributed by atoms with van der Waals surface area (Å²) in [5.74, 6) is 1.00. The van der Waals surface area contributed by atoms with Gasteiger partial charge in [0, 0.05) is 24.0 Å². The van der Waals surface area contributed by atoms with Crippen molar-refractivity contribution < 1.29 is 9.53 Å². The zero-order chi connectivity index (χ0) is 13.8. The lowest BCUT2D eigenvalue weighted by atomic mass is 10.3. The normalized spacial score (nSPS) is 20.4. The first-order valence-corrected chi connectivity index (χ1v) is 7.33. The van der Waals surface area contributed by atoms with E-state index in [0.717, 1.165) is 23.6 Å². The third-order valence-electron chi connectivity index (χ3n) is 3.26. The summed E-state index contributed by atoms with van der Waals surface area (Å²) >= 11 is 1.57. The third kappa shape index (κ3) is 3.64. The Labute approximate surface area is 118 Å². The highest BCUT2D eigenvalue weighted by Crippen LogP contribution is 2.27. The van der Waals surface area contributed by atoms with Gasteiger partial charge in [-0.25, -0.2) is 0 Å². The van der Waals surface area contributed by atoms with Crippen molar-refractivity contribution in [2.45, 2.75) is 29.5 Å². The number of benzene rings is 1. The number of nitrogens with zero attached hydrogens (tertiary/aromatic N) is 1. The van der Waals surface area contributed by atoms with Crippen LogP contribution < -0.4 is 10.5 Å². The predicted molar refractivity (Wildman–Crippen MR) is 77.5 cm³/mol. The van der Waals surface area contributed by atoms with E-state index in [1.807, 2.05) is 36.1 Å². The van der Waals surface area contributed by atoms with Crippen molar-refractivity contribution in [1.29, 1.82) is 0 Å². The maximum atomic E-state index is 12.2. The largest absolute Gasteiger partial charge is 0.497 e. The summed E-state index contributed by atoms with van der Waals surface area (Å²) in [7, 11) is 1.64. The number of nitrogens with two attached hydrogens (primary N) is 1. The molecular weight excluding hydrogens is 260 g/mol. The van der Waals surface area contributed by atoms with Crippen LogP contribution in [0.1, 0.15) is 13.3 Å². The van der Waals surface area contributed by atoms with Gasteiger partial charge >= 0.3 is 0 Å². The van der Waals surface area contributed by atoms with Crippen molar-refractivity contribution in [1.82, 2.24) is 4.90 Å². The van der Waals surface area contributed by atoms with Crippen molar-refractivity contribution in [3.63, 3.8) is 0 Å². The molecule has 1 amide bonds. The zero-order valence-corrected chi connectivity index (χ0v) is 12.2. The van der Waals surface area contributed by atoms with Gasteiger partial charge in [0.05, 0.1) is 12.4 Å². The molecule has 1 aromatic carbocycles. The van der Waals surface area contributed by atoms with Crippen molar-refractivity contribution in [3.8, 4) is 5.75 Å². The molecule has 1 heterocycles. The molecule has 1 unspecified atom stereocenters. The highest BCUT2D eigenvalue weighted by molar-refractivity contribution is 8.00. The van der Waals surface area contributed by atoms with Crippen LogP contribution in [0.15, 0.2) is 29.2 Å². The summed E-state index contributed by atoms with van der Waals surface area (Å²) in [6, 6.07) is 7.91. The predicted octanol–water partition coefficient (Wildman–Crippen LogP) is 1.74. The number of hydrogen-bond donors (Lipinski definition) is 1. The molecule has 19 heavy (non-hydrogen) atoms. The van der Waals surface area contributed by atoms with Gasteiger partial charge in [-0.2, -0.15) is 0 Å². The molecule has 5 heteroatoms. The van der Waals surface area contributed by atoms with Gasteiger partial charge < -0.3 is 15.4 Å². The van der Waals surface area contributed by atoms with Gasteiger partial charge in [-0.05, 0) is 37.6 Å². The van der Waals surface area contributed by atoms with Crippen LogP contribution in [0.4, 0.5) is 0 Å². The van der Waals surface area contributed by atoms with Crippen molar-refractivity contribution in [3.05, 3.63) is 24.3 Å². The highest BCUT2D eigenvalue weighted by Gasteiger charge is 2.27. The van der Waals surface area contributed by atoms with Gasteiger partial charge in [0.15, 0.2) is 0 Å². The minimum atomic E-state index is -0.0845. The molecule has 0 bridgehead atoms. The van der Waals surface area contributed by atoms with Gasteiger partial charge in [0.2, 0.25) is 5.91 Å². The first-order chi connectivity index (χ1) is 9.10. The van der Waals surface area contributed by atoms with E-state index in [1.54, 1.807) is 18.9 Å². The minimum absolute atomic E-state index is 0.0845. The second-order valence-electron chi connectivity index (χ2n) is 4.77. The molecule has 0 saturated carbocycles. The summed E-state index contributed by atoms with van der Waals surface area (Å²) in [6.45, 7) is 3.42. The summed E-state index contributed by atoms with van der Waals surface area (Å²) in [5.41, 5.74) is 5.83. The SMILES string of the molecule is COc1ccc(SC(C)C(=O)N2CC[C@@H](N)C2)cc1. The fraction of sp³-hybridized carbons (Fsp3) is 0.500. The lowest BCUT2D eigenvalue weighted by Gasteiger charge is -2.20. The first-order valence-electron chi connectivity index (χ1n) is 6.45. The van der Waals surface area contributed by atoms with E-state index < -0.39 is 0 Å². The Kier molecular flexibility index (Phi) is 4.71. The molecule has 0 aliphatic carbocycles. The molecule has 1 fully saturated rings. The Hall–Kier alpha value is -1.20. The molecule has 1 saturated heterocycles. The van der Waals surface area contributed by atoms with Crippen LogP contribution in [0.5, 0.6) is 5.75 Å². The average Bonchev–Trinajstić information content (AvgIpc) is 2.85. The van der Waals surface area contributed by atoms with Gasteiger partial charge in [0.25, 0.3) is 0 Å². The molecule has 1 aliphatic rings. The van der Waals surface area contributed by atoms with E-state index in [9.17, 15) is 4.79 Å². The Morgan fingerprint density at radius 1 is 1.47 bits per heavy atom. The molecule has 2 N–H and O–H groups in total. The number of thioether (sulfide) groups is 1. The van der Waals surface area contributed by atoms with Crippen LogP contribution in [0.25, 0.3) is 0 Å². The standard InChI is InChI=1S/C14H20N2O2S/c1-10(14(17)16-8-7-11(15)9-16)19-13-5-3-12(18-2)4-6-13/h3-6,10-11H,7-9,15H2,1-2H3/t10?,11-/m1/s1. The minimum Gasteiger partial charge on any atom is -0.497 e. The summed E-state index contributed by atoms with van der Waals surface area (Å²) in [5, 5.41) is -0.0845. The van der Waals surface area contributed by atoms with E-state index >= 15 is 0 Å². The number of carbonyl (C=O) groups is 1. The Morgan fingerprint density at radius 3 is 2.68 bits per heavy atom. The van der Waals surface area contributed by atoms with E-state index in [2.05, 4.69) is 0 Å². The number of amides is 1. The van der Waals surface area contributed by atoms with Gasteiger partial charge in [0.1, 0.15) is 5.75 Å². The number of methoxy groups -OCH3 is 1. The van der Waals surface area contributed by atoms with Crippen LogP contribution in [0.3, 0.4) is 0 Å². The molecule has 104 valence electrons. The lowest BCUT2D eigenvalue weighted by molar-refractivity contribution is -0.129. The fourth-order valence-electron chi connectivity index (χ4n) is 2.15. The Bertz CT molecular complexity index is 436. The molecular formula is C14H20N2O2S. The molecule has 0 radical (unpaired) electrons. The zero-order valence-electron chi connectivity index (χ0n) is 11.3. The number of hydrogen-bond acceptors (Lipinski definition) is 4. The van der Waals surface area contributed by atoms with Crippen molar-refractivity contribution in [2.75, 3.05) is 20.2 Å². The average molecular weight is 280 g/mol. The molecule has 1 aromatic rings. The van der Waals surface area contributed by atoms with E-state index in [1.165, 1.54) is 0 Å². The highest BCUT2D eigenvalue weighted by atomic mass is 32.2. The van der Waals surface area contributed by atoms with Crippen LogP contribution in [0, 0.1) is 0 Å². The summed E-state index contributed by atoms with van der Waals surface area (Å²) in [6.07, 6.45) is 0.908. The third-order valence-corrected chi connectivity index (χ3v) is 4.36. The lowest BCUT2D eigenvalue weighted by Crippen LogP contribution is -2.36. The van der Waals surface area contributed by atoms with Gasteiger partial charge in [-0.1, -0.05) is 0 Å². The van der Waals surface area contributed by atoms with Gasteiger partial charge in [-0.3, -0.25) is 4.79 Å². The number of carbonyl (C=O) groups excluding carboxylic acids is 1. The molecule has 2 rings (SSSR count). The first kappa shape index (κ1) is 14.2. The van der Waals surface area contributed by atoms with Crippen LogP contribution in [0.2, 0.25) is 0 Å². The maximum absolute atomic E-state index is 12.2. The maximum Gasteiger partial charge on any atom is 0.235 e. The Morgan fingerprint density at radius 2 is 2.16 bits per heavy atom. The van der Waals surface area contributed by atoms with E-state index in [-0.39, 0.29) is 17.2 Å². The molecule has 1 aliphatic heterocycles. The fourth-order valence-corrected chi connectivity index (χ4v) is 3.10. The monoisotopic (exact) mass is 280 g/mol. The molecule has 0 aromatic heterocycles. The quantitative estimate of drug-likeness (QED) is 0.854. The topological polar surface area (TPSA) is 55.6 Å². The van der Waals surface area contributed by atoms with Crippen LogP contribution in [-0.4, -0.2) is 42.3 Å². The summed E-state index contributed by atoms with van der Waals surface area (Å²) in [4.78, 5) is 15.2. The van der Waals surface area contributed by atoms with Crippen LogP contribution in [-0.2, 0) is 4.79 Å².